The summed E-state index contributed by atoms with van der Waals surface area (Å²) in [5.74, 6) is 3.47. The highest BCUT2D eigenvalue weighted by molar-refractivity contribution is 4.93. The van der Waals surface area contributed by atoms with E-state index in [2.05, 4.69) is 30.5 Å². The number of aromatic nitrogens is 6. The van der Waals surface area contributed by atoms with E-state index in [9.17, 15) is 0 Å². The van der Waals surface area contributed by atoms with Gasteiger partial charge in [-0.25, -0.2) is 0 Å². The van der Waals surface area contributed by atoms with Gasteiger partial charge in [-0.1, -0.05) is 10.3 Å². The smallest absolute Gasteiger partial charge is 0.227 e. The lowest BCUT2D eigenvalue weighted by Crippen LogP contribution is -1.96. The monoisotopic (exact) mass is 290 g/mol. The molecule has 3 heterocycles. The largest absolute Gasteiger partial charge is 0.426 e. The predicted molar refractivity (Wildman–Crippen MR) is 67.2 cm³/mol. The summed E-state index contributed by atoms with van der Waals surface area (Å²) in [5.41, 5.74) is 0. The molecule has 3 rings (SSSR count). The van der Waals surface area contributed by atoms with E-state index in [1.165, 1.54) is 0 Å². The molecule has 9 nitrogen and oxygen atoms in total. The van der Waals surface area contributed by atoms with Crippen LogP contribution in [0.25, 0.3) is 0 Å². The van der Waals surface area contributed by atoms with Crippen LogP contribution in [0.4, 0.5) is 0 Å². The van der Waals surface area contributed by atoms with Gasteiger partial charge < -0.3 is 13.5 Å². The molecule has 3 aromatic rings. The number of hydrogen-bond acceptors (Lipinski definition) is 9. The molecule has 21 heavy (non-hydrogen) atoms. The first-order valence-corrected chi connectivity index (χ1v) is 6.58. The van der Waals surface area contributed by atoms with Crippen LogP contribution in [0.2, 0.25) is 0 Å². The number of rotatable bonds is 6. The standard InChI is InChI=1S/C12H14N6O3/c1-7-13-9(17-20-7)3-4-10-14-11(21-18-10)5-6-12-16-15-8(2)19-12/h3-6H2,1-2H3. The molecule has 0 fully saturated rings. The maximum Gasteiger partial charge on any atom is 0.227 e. The molecule has 0 saturated carbocycles. The van der Waals surface area contributed by atoms with Gasteiger partial charge in [-0.3, -0.25) is 0 Å². The van der Waals surface area contributed by atoms with Crippen molar-refractivity contribution in [2.45, 2.75) is 39.5 Å². The molecular formula is C12H14N6O3. The van der Waals surface area contributed by atoms with Gasteiger partial charge in [0.15, 0.2) is 11.6 Å². The second kappa shape index (κ2) is 5.81. The van der Waals surface area contributed by atoms with E-state index < -0.39 is 0 Å². The minimum Gasteiger partial charge on any atom is -0.426 e. The zero-order valence-corrected chi connectivity index (χ0v) is 11.7. The zero-order chi connectivity index (χ0) is 14.7. The molecule has 9 heteroatoms. The molecule has 0 unspecified atom stereocenters. The fourth-order valence-electron chi connectivity index (χ4n) is 1.81. The SMILES string of the molecule is Cc1nc(CCc2noc(CCc3nnc(C)o3)n2)no1. The fourth-order valence-corrected chi connectivity index (χ4v) is 1.81. The number of hydrogen-bond donors (Lipinski definition) is 0. The average Bonchev–Trinajstić information content (AvgIpc) is 3.16. The Labute approximate surface area is 119 Å². The Morgan fingerprint density at radius 1 is 0.714 bits per heavy atom. The second-order valence-corrected chi connectivity index (χ2v) is 4.55. The normalized spacial score (nSPS) is 11.1. The van der Waals surface area contributed by atoms with Gasteiger partial charge in [0.05, 0.1) is 0 Å². The van der Waals surface area contributed by atoms with Gasteiger partial charge >= 0.3 is 0 Å². The average molecular weight is 290 g/mol. The Balaban J connectivity index is 1.51. The van der Waals surface area contributed by atoms with E-state index in [0.717, 1.165) is 0 Å². The van der Waals surface area contributed by atoms with Crippen LogP contribution in [0.1, 0.15) is 35.2 Å². The fraction of sp³-hybridized carbons (Fsp3) is 0.500. The van der Waals surface area contributed by atoms with E-state index in [1.807, 2.05) is 0 Å². The minimum absolute atomic E-state index is 0.546. The molecule has 0 aliphatic rings. The summed E-state index contributed by atoms with van der Waals surface area (Å²) in [6.07, 6.45) is 2.35. The highest BCUT2D eigenvalue weighted by Gasteiger charge is 2.11. The van der Waals surface area contributed by atoms with Gasteiger partial charge in [-0.15, -0.1) is 10.2 Å². The highest BCUT2D eigenvalue weighted by atomic mass is 16.5. The van der Waals surface area contributed by atoms with E-state index in [0.29, 0.717) is 60.9 Å². The first-order valence-electron chi connectivity index (χ1n) is 6.58. The summed E-state index contributed by atoms with van der Waals surface area (Å²) in [5, 5.41) is 15.4. The molecule has 0 saturated heterocycles. The van der Waals surface area contributed by atoms with Gasteiger partial charge in [0.2, 0.25) is 23.6 Å². The van der Waals surface area contributed by atoms with Crippen molar-refractivity contribution in [1.82, 2.24) is 30.5 Å². The third-order valence-corrected chi connectivity index (χ3v) is 2.77. The van der Waals surface area contributed by atoms with Crippen molar-refractivity contribution in [2.75, 3.05) is 0 Å². The van der Waals surface area contributed by atoms with Gasteiger partial charge in [0, 0.05) is 39.5 Å². The van der Waals surface area contributed by atoms with Crippen LogP contribution in [0.5, 0.6) is 0 Å². The molecule has 0 N–H and O–H groups in total. The van der Waals surface area contributed by atoms with Crippen LogP contribution in [-0.2, 0) is 25.7 Å². The lowest BCUT2D eigenvalue weighted by Gasteiger charge is -1.89. The number of aryl methyl sites for hydroxylation is 6. The van der Waals surface area contributed by atoms with Gasteiger partial charge in [0.25, 0.3) is 0 Å². The molecule has 0 aliphatic carbocycles. The van der Waals surface area contributed by atoms with Crippen molar-refractivity contribution < 1.29 is 13.5 Å². The molecule has 0 aliphatic heterocycles. The minimum atomic E-state index is 0.546. The predicted octanol–water partition coefficient (Wildman–Crippen LogP) is 1.02. The summed E-state index contributed by atoms with van der Waals surface area (Å²) in [6.45, 7) is 3.50. The first-order chi connectivity index (χ1) is 10.2. The summed E-state index contributed by atoms with van der Waals surface area (Å²) in [6, 6.07) is 0. The van der Waals surface area contributed by atoms with Crippen LogP contribution in [-0.4, -0.2) is 30.5 Å². The van der Waals surface area contributed by atoms with Crippen molar-refractivity contribution in [3.8, 4) is 0 Å². The summed E-state index contributed by atoms with van der Waals surface area (Å²) >= 11 is 0. The quantitative estimate of drug-likeness (QED) is 0.655. The van der Waals surface area contributed by atoms with Gasteiger partial charge in [-0.05, 0) is 0 Å². The van der Waals surface area contributed by atoms with Crippen LogP contribution in [0, 0.1) is 13.8 Å². The molecule has 0 atom stereocenters. The lowest BCUT2D eigenvalue weighted by atomic mass is 10.3. The van der Waals surface area contributed by atoms with Gasteiger partial charge in [-0.2, -0.15) is 9.97 Å². The van der Waals surface area contributed by atoms with Crippen LogP contribution in [0.3, 0.4) is 0 Å². The summed E-state index contributed by atoms with van der Waals surface area (Å²) in [7, 11) is 0. The maximum absolute atomic E-state index is 5.28. The Morgan fingerprint density at radius 3 is 2.10 bits per heavy atom. The highest BCUT2D eigenvalue weighted by Crippen LogP contribution is 2.07. The Kier molecular flexibility index (Phi) is 3.71. The van der Waals surface area contributed by atoms with Crippen molar-refractivity contribution >= 4 is 0 Å². The molecular weight excluding hydrogens is 276 g/mol. The Morgan fingerprint density at radius 2 is 1.43 bits per heavy atom. The van der Waals surface area contributed by atoms with E-state index in [-0.39, 0.29) is 0 Å². The Bertz CT molecular complexity index is 657. The lowest BCUT2D eigenvalue weighted by molar-refractivity contribution is 0.366. The van der Waals surface area contributed by atoms with E-state index in [1.54, 1.807) is 13.8 Å². The van der Waals surface area contributed by atoms with E-state index in [4.69, 9.17) is 13.5 Å². The zero-order valence-electron chi connectivity index (χ0n) is 11.7. The van der Waals surface area contributed by atoms with E-state index >= 15 is 0 Å². The third-order valence-electron chi connectivity index (χ3n) is 2.77. The van der Waals surface area contributed by atoms with Crippen molar-refractivity contribution in [2.24, 2.45) is 0 Å². The molecule has 110 valence electrons. The van der Waals surface area contributed by atoms with Crippen molar-refractivity contribution in [3.63, 3.8) is 0 Å². The molecule has 0 aromatic carbocycles. The Hall–Kier alpha value is -2.58. The molecule has 0 radical (unpaired) electrons. The van der Waals surface area contributed by atoms with Crippen LogP contribution in [0.15, 0.2) is 13.5 Å². The first kappa shape index (κ1) is 13.4. The molecule has 3 aromatic heterocycles. The van der Waals surface area contributed by atoms with Crippen LogP contribution < -0.4 is 0 Å². The molecule has 0 amide bonds. The maximum atomic E-state index is 5.28. The van der Waals surface area contributed by atoms with Gasteiger partial charge in [0.1, 0.15) is 0 Å². The number of nitrogens with zero attached hydrogens (tertiary/aromatic N) is 6. The second-order valence-electron chi connectivity index (χ2n) is 4.55. The van der Waals surface area contributed by atoms with Crippen molar-refractivity contribution in [1.29, 1.82) is 0 Å². The topological polar surface area (TPSA) is 117 Å². The molecule has 0 bridgehead atoms. The summed E-state index contributed by atoms with van der Waals surface area (Å²) < 4.78 is 15.4. The summed E-state index contributed by atoms with van der Waals surface area (Å²) in [4.78, 5) is 8.42. The molecule has 0 spiro atoms. The van der Waals surface area contributed by atoms with Crippen molar-refractivity contribution in [3.05, 3.63) is 35.2 Å². The van der Waals surface area contributed by atoms with Crippen LogP contribution >= 0.6 is 0 Å². The third kappa shape index (κ3) is 3.50.